The number of carbonyl (C=O) groups excluding carboxylic acids is 2. The van der Waals surface area contributed by atoms with Gasteiger partial charge in [0.2, 0.25) is 0 Å². The van der Waals surface area contributed by atoms with Crippen LogP contribution in [0.1, 0.15) is 5.56 Å². The molecular weight excluding hydrogens is 485 g/mol. The predicted molar refractivity (Wildman–Crippen MR) is 128 cm³/mol. The molecule has 0 atom stereocenters. The fraction of sp³-hybridized carbons (Fsp3) is 0.0417. The highest BCUT2D eigenvalue weighted by molar-refractivity contribution is 8.00. The lowest BCUT2D eigenvalue weighted by Gasteiger charge is -2.29. The number of benzene rings is 3. The van der Waals surface area contributed by atoms with Crippen molar-refractivity contribution in [3.63, 3.8) is 0 Å². The van der Waals surface area contributed by atoms with E-state index in [2.05, 4.69) is 5.32 Å². The third-order valence-electron chi connectivity index (χ3n) is 4.58. The van der Waals surface area contributed by atoms with E-state index in [0.29, 0.717) is 17.2 Å². The number of anilines is 1. The number of nitrogens with one attached hydrogen (secondary N) is 1. The molecule has 1 saturated heterocycles. The topological polar surface area (TPSA) is 58.6 Å². The molecule has 1 aliphatic rings. The van der Waals surface area contributed by atoms with Crippen molar-refractivity contribution in [1.82, 2.24) is 5.32 Å². The van der Waals surface area contributed by atoms with E-state index in [4.69, 9.17) is 17.0 Å². The molecule has 0 aromatic heterocycles. The van der Waals surface area contributed by atoms with Gasteiger partial charge in [0.25, 0.3) is 11.8 Å². The summed E-state index contributed by atoms with van der Waals surface area (Å²) in [6.45, 7) is 0. The third kappa shape index (κ3) is 5.64. The first-order valence-corrected chi connectivity index (χ1v) is 11.0. The summed E-state index contributed by atoms with van der Waals surface area (Å²) in [7, 11) is 0. The number of hydrogen-bond donors (Lipinski definition) is 1. The summed E-state index contributed by atoms with van der Waals surface area (Å²) in [5.74, 6) is -0.254. The molecular formula is C24H15F3N2O3S2. The number of thiocarbonyl (C=S) groups is 1. The molecule has 1 aliphatic heterocycles. The number of ether oxygens (including phenoxy) is 1. The van der Waals surface area contributed by atoms with Gasteiger partial charge in [0, 0.05) is 4.90 Å². The summed E-state index contributed by atoms with van der Waals surface area (Å²) in [6, 6.07) is 21.1. The Kier molecular flexibility index (Phi) is 6.71. The molecule has 3 aromatic carbocycles. The first-order chi connectivity index (χ1) is 16.2. The maximum Gasteiger partial charge on any atom is 0.446 e. The summed E-state index contributed by atoms with van der Waals surface area (Å²) in [5.41, 5.74) is -4.05. The lowest BCUT2D eigenvalue weighted by Crippen LogP contribution is -2.54. The normalized spacial score (nSPS) is 15.4. The number of alkyl halides is 3. The van der Waals surface area contributed by atoms with Crippen LogP contribution in [-0.4, -0.2) is 22.4 Å². The second-order valence-corrected chi connectivity index (χ2v) is 8.51. The molecule has 2 amide bonds. The summed E-state index contributed by atoms with van der Waals surface area (Å²) < 4.78 is 43.8. The number of carbonyl (C=O) groups is 2. The largest absolute Gasteiger partial charge is 0.457 e. The number of rotatable bonds is 5. The van der Waals surface area contributed by atoms with Crippen LogP contribution in [0.15, 0.2) is 89.3 Å². The highest BCUT2D eigenvalue weighted by atomic mass is 32.2. The van der Waals surface area contributed by atoms with Crippen molar-refractivity contribution in [2.75, 3.05) is 4.90 Å². The van der Waals surface area contributed by atoms with Crippen molar-refractivity contribution in [2.45, 2.75) is 10.4 Å². The van der Waals surface area contributed by atoms with Crippen LogP contribution in [0.25, 0.3) is 6.08 Å². The standard InChI is InChI=1S/C24H15F3N2O3S2/c25-24(26,27)34-19-8-4-5-15(13-19)14-20-21(30)28-23(33)29(22(20)31)16-9-11-18(12-10-16)32-17-6-2-1-3-7-17/h1-14H,(H,28,30,33). The molecule has 1 fully saturated rings. The van der Waals surface area contributed by atoms with Crippen LogP contribution >= 0.6 is 24.0 Å². The number of para-hydroxylation sites is 1. The van der Waals surface area contributed by atoms with E-state index in [1.54, 1.807) is 36.4 Å². The quantitative estimate of drug-likeness (QED) is 0.204. The van der Waals surface area contributed by atoms with Crippen LogP contribution < -0.4 is 15.0 Å². The molecule has 0 spiro atoms. The minimum absolute atomic E-state index is 0.0631. The molecule has 3 aromatic rings. The van der Waals surface area contributed by atoms with Gasteiger partial charge in [0.05, 0.1) is 5.69 Å². The van der Waals surface area contributed by atoms with Crippen molar-refractivity contribution in [3.8, 4) is 11.5 Å². The van der Waals surface area contributed by atoms with Crippen molar-refractivity contribution in [2.24, 2.45) is 0 Å². The van der Waals surface area contributed by atoms with Gasteiger partial charge in [0.15, 0.2) is 5.11 Å². The van der Waals surface area contributed by atoms with Gasteiger partial charge >= 0.3 is 5.51 Å². The first kappa shape index (κ1) is 23.5. The molecule has 0 bridgehead atoms. The molecule has 0 saturated carbocycles. The molecule has 0 unspecified atom stereocenters. The van der Waals surface area contributed by atoms with Crippen LogP contribution in [0.2, 0.25) is 0 Å². The zero-order chi connectivity index (χ0) is 24.3. The van der Waals surface area contributed by atoms with Crippen molar-refractivity contribution >= 4 is 52.7 Å². The van der Waals surface area contributed by atoms with Crippen LogP contribution in [0.4, 0.5) is 18.9 Å². The van der Waals surface area contributed by atoms with Gasteiger partial charge in [-0.25, -0.2) is 0 Å². The lowest BCUT2D eigenvalue weighted by atomic mass is 10.1. The van der Waals surface area contributed by atoms with E-state index in [1.807, 2.05) is 18.2 Å². The number of nitrogens with zero attached hydrogens (tertiary/aromatic N) is 1. The monoisotopic (exact) mass is 500 g/mol. The Morgan fingerprint density at radius 2 is 1.59 bits per heavy atom. The highest BCUT2D eigenvalue weighted by Crippen LogP contribution is 2.37. The predicted octanol–water partition coefficient (Wildman–Crippen LogP) is 5.92. The average molecular weight is 501 g/mol. The van der Waals surface area contributed by atoms with Gasteiger partial charge in [-0.1, -0.05) is 30.3 Å². The zero-order valence-corrected chi connectivity index (χ0v) is 18.8. The number of amides is 2. The molecule has 4 rings (SSSR count). The maximum atomic E-state index is 13.1. The van der Waals surface area contributed by atoms with Gasteiger partial charge < -0.3 is 4.74 Å². The smallest absolute Gasteiger partial charge is 0.446 e. The summed E-state index contributed by atoms with van der Waals surface area (Å²) in [6.07, 6.45) is 1.24. The van der Waals surface area contributed by atoms with Crippen LogP contribution in [0.3, 0.4) is 0 Å². The Hall–Kier alpha value is -3.63. The zero-order valence-electron chi connectivity index (χ0n) is 17.2. The molecule has 10 heteroatoms. The van der Waals surface area contributed by atoms with Gasteiger partial charge in [-0.2, -0.15) is 13.2 Å². The summed E-state index contributed by atoms with van der Waals surface area (Å²) in [5, 5.41) is 2.34. The van der Waals surface area contributed by atoms with Gasteiger partial charge in [0.1, 0.15) is 17.1 Å². The van der Waals surface area contributed by atoms with E-state index in [0.717, 1.165) is 4.90 Å². The molecule has 5 nitrogen and oxygen atoms in total. The minimum Gasteiger partial charge on any atom is -0.457 e. The first-order valence-electron chi connectivity index (χ1n) is 9.80. The van der Waals surface area contributed by atoms with Crippen molar-refractivity contribution in [3.05, 3.63) is 90.0 Å². The average Bonchev–Trinajstić information content (AvgIpc) is 2.77. The van der Waals surface area contributed by atoms with Crippen LogP contribution in [0, 0.1) is 0 Å². The number of hydrogen-bond acceptors (Lipinski definition) is 5. The van der Waals surface area contributed by atoms with E-state index in [9.17, 15) is 22.8 Å². The SMILES string of the molecule is O=C1NC(=S)N(c2ccc(Oc3ccccc3)cc2)C(=O)C1=Cc1cccc(SC(F)(F)F)c1. The van der Waals surface area contributed by atoms with Crippen LogP contribution in [-0.2, 0) is 9.59 Å². The van der Waals surface area contributed by atoms with Gasteiger partial charge in [-0.15, -0.1) is 0 Å². The van der Waals surface area contributed by atoms with Crippen molar-refractivity contribution in [1.29, 1.82) is 0 Å². The Morgan fingerprint density at radius 1 is 0.912 bits per heavy atom. The molecule has 0 radical (unpaired) electrons. The molecule has 172 valence electrons. The minimum atomic E-state index is -4.46. The molecule has 34 heavy (non-hydrogen) atoms. The van der Waals surface area contributed by atoms with Crippen molar-refractivity contribution < 1.29 is 27.5 Å². The van der Waals surface area contributed by atoms with Crippen LogP contribution in [0.5, 0.6) is 11.5 Å². The summed E-state index contributed by atoms with van der Waals surface area (Å²) >= 11 is 4.91. The van der Waals surface area contributed by atoms with E-state index in [1.165, 1.54) is 30.3 Å². The Labute approximate surface area is 202 Å². The Balaban J connectivity index is 1.58. The Morgan fingerprint density at radius 3 is 2.26 bits per heavy atom. The lowest BCUT2D eigenvalue weighted by molar-refractivity contribution is -0.122. The molecule has 1 N–H and O–H groups in total. The van der Waals surface area contributed by atoms with Gasteiger partial charge in [-0.3, -0.25) is 19.8 Å². The number of thioether (sulfide) groups is 1. The van der Waals surface area contributed by atoms with E-state index in [-0.39, 0.29) is 32.9 Å². The summed E-state index contributed by atoms with van der Waals surface area (Å²) in [4.78, 5) is 26.7. The fourth-order valence-corrected chi connectivity index (χ4v) is 4.04. The fourth-order valence-electron chi connectivity index (χ4n) is 3.15. The molecule has 0 aliphatic carbocycles. The van der Waals surface area contributed by atoms with E-state index >= 15 is 0 Å². The van der Waals surface area contributed by atoms with Gasteiger partial charge in [-0.05, 0) is 84.2 Å². The second-order valence-electron chi connectivity index (χ2n) is 6.99. The highest BCUT2D eigenvalue weighted by Gasteiger charge is 2.34. The third-order valence-corrected chi connectivity index (χ3v) is 5.58. The Bertz CT molecular complexity index is 1280. The maximum absolute atomic E-state index is 13.1. The van der Waals surface area contributed by atoms with E-state index < -0.39 is 17.3 Å². The number of halogens is 3. The second kappa shape index (κ2) is 9.70. The molecule has 1 heterocycles.